The van der Waals surface area contributed by atoms with Crippen LogP contribution in [0.5, 0.6) is 0 Å². The van der Waals surface area contributed by atoms with E-state index >= 15 is 0 Å². The molecular formula is C32H45FN2O7. The maximum absolute atomic E-state index is 14.4. The van der Waals surface area contributed by atoms with Crippen molar-refractivity contribution >= 4 is 23.9 Å². The SMILES string of the molecule is COCC(=O)Cc1cc(F)cc(/C=C(\C)[C@H]2OC(=O)C[C@H](O)CC[C@H](C)[C@@H](OC(=O)N3CCN(C)CC3)/C=C/[C@@H]2C)c1. The predicted molar refractivity (Wildman–Crippen MR) is 157 cm³/mol. The smallest absolute Gasteiger partial charge is 0.410 e. The molecule has 42 heavy (non-hydrogen) atoms. The Morgan fingerprint density at radius 3 is 2.52 bits per heavy atom. The third-order valence-electron chi connectivity index (χ3n) is 7.79. The molecule has 2 heterocycles. The molecular weight excluding hydrogens is 543 g/mol. The molecule has 10 heteroatoms. The highest BCUT2D eigenvalue weighted by atomic mass is 19.1. The number of likely N-dealkylation sites (N-methyl/N-ethyl adjacent to an activating group) is 1. The molecule has 2 aliphatic rings. The minimum absolute atomic E-state index is 0.0351. The number of benzene rings is 1. The van der Waals surface area contributed by atoms with Crippen LogP contribution in [0, 0.1) is 17.7 Å². The quantitative estimate of drug-likeness (QED) is 0.376. The third kappa shape index (κ3) is 10.3. The van der Waals surface area contributed by atoms with Gasteiger partial charge in [0, 0.05) is 45.6 Å². The summed E-state index contributed by atoms with van der Waals surface area (Å²) in [6, 6.07) is 4.38. The Morgan fingerprint density at radius 1 is 1.12 bits per heavy atom. The second kappa shape index (κ2) is 16.0. The molecule has 1 N–H and O–H groups in total. The minimum Gasteiger partial charge on any atom is -0.457 e. The number of hydrogen-bond donors (Lipinski definition) is 1. The van der Waals surface area contributed by atoms with Crippen LogP contribution in [0.15, 0.2) is 35.9 Å². The number of ether oxygens (including phenoxy) is 3. The third-order valence-corrected chi connectivity index (χ3v) is 7.79. The second-order valence-electron chi connectivity index (χ2n) is 11.6. The molecule has 0 spiro atoms. The molecule has 1 aromatic carbocycles. The van der Waals surface area contributed by atoms with Crippen LogP contribution in [0.4, 0.5) is 9.18 Å². The molecule has 3 rings (SSSR count). The summed E-state index contributed by atoms with van der Waals surface area (Å²) in [6.07, 6.45) is 3.74. The van der Waals surface area contributed by atoms with Crippen molar-refractivity contribution in [2.24, 2.45) is 11.8 Å². The van der Waals surface area contributed by atoms with Gasteiger partial charge in [0.25, 0.3) is 0 Å². The molecule has 0 radical (unpaired) electrons. The van der Waals surface area contributed by atoms with E-state index in [2.05, 4.69) is 4.90 Å². The summed E-state index contributed by atoms with van der Waals surface area (Å²) < 4.78 is 31.1. The number of esters is 1. The summed E-state index contributed by atoms with van der Waals surface area (Å²) in [4.78, 5) is 41.7. The first kappa shape index (κ1) is 33.4. The molecule has 0 aromatic heterocycles. The number of aliphatic hydroxyl groups is 1. The van der Waals surface area contributed by atoms with Gasteiger partial charge in [-0.25, -0.2) is 9.18 Å². The molecule has 0 unspecified atom stereocenters. The first-order valence-electron chi connectivity index (χ1n) is 14.6. The Balaban J connectivity index is 1.85. The maximum atomic E-state index is 14.4. The lowest BCUT2D eigenvalue weighted by molar-refractivity contribution is -0.151. The molecule has 2 aliphatic heterocycles. The average Bonchev–Trinajstić information content (AvgIpc) is 2.91. The highest BCUT2D eigenvalue weighted by molar-refractivity contribution is 5.82. The second-order valence-corrected chi connectivity index (χ2v) is 11.6. The van der Waals surface area contributed by atoms with Gasteiger partial charge >= 0.3 is 12.1 Å². The molecule has 0 bridgehead atoms. The summed E-state index contributed by atoms with van der Waals surface area (Å²) in [5.41, 5.74) is 1.70. The van der Waals surface area contributed by atoms with Crippen LogP contribution in [0.3, 0.4) is 0 Å². The average molecular weight is 589 g/mol. The fourth-order valence-corrected chi connectivity index (χ4v) is 5.27. The Kier molecular flexibility index (Phi) is 12.7. The van der Waals surface area contributed by atoms with Gasteiger partial charge in [-0.1, -0.05) is 32.1 Å². The van der Waals surface area contributed by atoms with Gasteiger partial charge in [0.1, 0.15) is 24.6 Å². The number of piperazine rings is 1. The number of ketones is 1. The van der Waals surface area contributed by atoms with E-state index in [4.69, 9.17) is 14.2 Å². The van der Waals surface area contributed by atoms with Gasteiger partial charge in [-0.3, -0.25) is 9.59 Å². The van der Waals surface area contributed by atoms with E-state index in [1.54, 1.807) is 24.0 Å². The summed E-state index contributed by atoms with van der Waals surface area (Å²) in [5, 5.41) is 10.5. The Morgan fingerprint density at radius 2 is 1.83 bits per heavy atom. The van der Waals surface area contributed by atoms with Crippen molar-refractivity contribution in [2.45, 2.75) is 64.8 Å². The van der Waals surface area contributed by atoms with E-state index in [9.17, 15) is 23.9 Å². The molecule has 232 valence electrons. The summed E-state index contributed by atoms with van der Waals surface area (Å²) >= 11 is 0. The van der Waals surface area contributed by atoms with Crippen molar-refractivity contribution in [3.05, 3.63) is 52.9 Å². The van der Waals surface area contributed by atoms with Crippen LogP contribution in [0.2, 0.25) is 0 Å². The zero-order valence-corrected chi connectivity index (χ0v) is 25.4. The molecule has 1 saturated heterocycles. The fraction of sp³-hybridized carbons (Fsp3) is 0.594. The van der Waals surface area contributed by atoms with Crippen molar-refractivity contribution in [2.75, 3.05) is 46.9 Å². The first-order chi connectivity index (χ1) is 19.9. The number of amides is 1. The number of hydrogen-bond acceptors (Lipinski definition) is 8. The van der Waals surface area contributed by atoms with Crippen molar-refractivity contribution in [3.63, 3.8) is 0 Å². The molecule has 0 aliphatic carbocycles. The topological polar surface area (TPSA) is 106 Å². The number of nitrogens with zero attached hydrogens (tertiary/aromatic N) is 2. The first-order valence-corrected chi connectivity index (χ1v) is 14.6. The van der Waals surface area contributed by atoms with E-state index in [-0.39, 0.29) is 43.2 Å². The zero-order chi connectivity index (χ0) is 30.8. The number of Topliss-reactive ketones (excluding diaryl/α,β-unsaturated/α-hetero) is 1. The molecule has 5 atom stereocenters. The lowest BCUT2D eigenvalue weighted by Crippen LogP contribution is -2.48. The van der Waals surface area contributed by atoms with E-state index in [1.807, 2.05) is 33.0 Å². The van der Waals surface area contributed by atoms with E-state index in [0.717, 1.165) is 13.1 Å². The molecule has 0 saturated carbocycles. The molecule has 1 fully saturated rings. The lowest BCUT2D eigenvalue weighted by atomic mass is 9.91. The van der Waals surface area contributed by atoms with E-state index < -0.39 is 30.1 Å². The van der Waals surface area contributed by atoms with Gasteiger partial charge in [-0.05, 0) is 67.6 Å². The van der Waals surface area contributed by atoms with Gasteiger partial charge in [0.2, 0.25) is 0 Å². The summed E-state index contributed by atoms with van der Waals surface area (Å²) in [6.45, 7) is 8.34. The summed E-state index contributed by atoms with van der Waals surface area (Å²) in [5.74, 6) is -1.59. The summed E-state index contributed by atoms with van der Waals surface area (Å²) in [7, 11) is 3.45. The molecule has 1 aromatic rings. The Labute approximate surface area is 248 Å². The van der Waals surface area contributed by atoms with Crippen LogP contribution < -0.4 is 0 Å². The standard InChI is InChI=1S/C32H45FN2O7/c1-21-6-8-27(36)19-30(38)42-31(22(2)7-9-29(21)41-32(39)35-12-10-34(4)11-13-35)23(3)14-24-15-25(17-26(33)16-24)18-28(37)20-40-5/h7,9,14-17,21-22,27,29,31,36H,6,8,10-13,18-20H2,1-5H3/b9-7+,23-14+/t21-,22-,27+,29-,31-/m0/s1. The fourth-order valence-electron chi connectivity index (χ4n) is 5.27. The van der Waals surface area contributed by atoms with Crippen LogP contribution in [-0.2, 0) is 30.2 Å². The van der Waals surface area contributed by atoms with Crippen molar-refractivity contribution < 1.29 is 38.1 Å². The van der Waals surface area contributed by atoms with E-state index in [1.165, 1.54) is 19.2 Å². The van der Waals surface area contributed by atoms with Gasteiger partial charge in [-0.15, -0.1) is 0 Å². The van der Waals surface area contributed by atoms with Gasteiger partial charge in [0.05, 0.1) is 12.5 Å². The number of aliphatic hydroxyl groups excluding tert-OH is 1. The number of carbonyl (C=O) groups excluding carboxylic acids is 3. The highest BCUT2D eigenvalue weighted by Crippen LogP contribution is 2.26. The minimum atomic E-state index is -0.895. The van der Waals surface area contributed by atoms with Crippen LogP contribution in [-0.4, -0.2) is 98.0 Å². The van der Waals surface area contributed by atoms with Gasteiger partial charge in [-0.2, -0.15) is 0 Å². The number of carbonyl (C=O) groups is 3. The maximum Gasteiger partial charge on any atom is 0.410 e. The van der Waals surface area contributed by atoms with Crippen molar-refractivity contribution in [1.29, 1.82) is 0 Å². The van der Waals surface area contributed by atoms with Crippen LogP contribution >= 0.6 is 0 Å². The monoisotopic (exact) mass is 588 g/mol. The molecule has 1 amide bonds. The number of methoxy groups -OCH3 is 1. The van der Waals surface area contributed by atoms with Crippen LogP contribution in [0.25, 0.3) is 6.08 Å². The van der Waals surface area contributed by atoms with Crippen molar-refractivity contribution in [3.8, 4) is 0 Å². The van der Waals surface area contributed by atoms with Gasteiger partial charge in [0.15, 0.2) is 5.78 Å². The molecule has 9 nitrogen and oxygen atoms in total. The Hall–Kier alpha value is -3.08. The number of cyclic esters (lactones) is 1. The largest absolute Gasteiger partial charge is 0.457 e. The van der Waals surface area contributed by atoms with Crippen LogP contribution in [0.1, 0.15) is 51.2 Å². The number of rotatable bonds is 7. The normalized spacial score (nSPS) is 27.4. The Bertz CT molecular complexity index is 1150. The van der Waals surface area contributed by atoms with Gasteiger partial charge < -0.3 is 29.1 Å². The van der Waals surface area contributed by atoms with E-state index in [0.29, 0.717) is 42.6 Å². The zero-order valence-electron chi connectivity index (χ0n) is 25.4. The predicted octanol–water partition coefficient (Wildman–Crippen LogP) is 4.02. The highest BCUT2D eigenvalue weighted by Gasteiger charge is 2.29. The lowest BCUT2D eigenvalue weighted by Gasteiger charge is -2.33. The number of halogens is 1. The van der Waals surface area contributed by atoms with Crippen molar-refractivity contribution in [1.82, 2.24) is 9.80 Å².